The van der Waals surface area contributed by atoms with Gasteiger partial charge in [-0.25, -0.2) is 8.78 Å². The molecule has 0 saturated carbocycles. The molecule has 0 saturated heterocycles. The number of hydrogen-bond acceptors (Lipinski definition) is 2. The molecule has 0 bridgehead atoms. The van der Waals surface area contributed by atoms with Crippen LogP contribution in [-0.2, 0) is 0 Å². The Hall–Kier alpha value is -1.17. The molecule has 2 N–H and O–H groups in total. The van der Waals surface area contributed by atoms with Crippen LogP contribution in [0.4, 0.5) is 8.78 Å². The summed E-state index contributed by atoms with van der Waals surface area (Å²) >= 11 is 9.32. The summed E-state index contributed by atoms with van der Waals surface area (Å²) in [6.45, 7) is 0. The smallest absolute Gasteiger partial charge is 0.159 e. The highest BCUT2D eigenvalue weighted by Crippen LogP contribution is 2.37. The highest BCUT2D eigenvalue weighted by Gasteiger charge is 2.18. The van der Waals surface area contributed by atoms with Gasteiger partial charge in [-0.3, -0.25) is 0 Å². The monoisotopic (exact) mass is 361 g/mol. The molecular formula is C14H11BrClF2NO. The SMILES string of the molecule is COc1c(Br)cc(Cl)cc1C(N)c1ccc(F)c(F)c1. The molecule has 0 aliphatic rings. The van der Waals surface area contributed by atoms with Crippen LogP contribution in [0.15, 0.2) is 34.8 Å². The van der Waals surface area contributed by atoms with Gasteiger partial charge < -0.3 is 10.5 Å². The van der Waals surface area contributed by atoms with Gasteiger partial charge in [0.25, 0.3) is 0 Å². The maximum atomic E-state index is 13.3. The van der Waals surface area contributed by atoms with E-state index in [1.165, 1.54) is 13.2 Å². The largest absolute Gasteiger partial charge is 0.495 e. The third-order valence-corrected chi connectivity index (χ3v) is 3.69. The van der Waals surface area contributed by atoms with E-state index in [9.17, 15) is 8.78 Å². The first-order chi connectivity index (χ1) is 9.43. The number of nitrogens with two attached hydrogens (primary N) is 1. The van der Waals surface area contributed by atoms with Gasteiger partial charge in [0, 0.05) is 10.6 Å². The minimum absolute atomic E-state index is 0.427. The van der Waals surface area contributed by atoms with Crippen LogP contribution in [0.2, 0.25) is 5.02 Å². The molecular weight excluding hydrogens is 352 g/mol. The van der Waals surface area contributed by atoms with E-state index in [1.54, 1.807) is 12.1 Å². The van der Waals surface area contributed by atoms with Gasteiger partial charge in [0.1, 0.15) is 5.75 Å². The molecule has 2 nitrogen and oxygen atoms in total. The Bertz CT molecular complexity index is 651. The van der Waals surface area contributed by atoms with Crippen molar-refractivity contribution in [2.75, 3.05) is 7.11 Å². The Morgan fingerprint density at radius 2 is 1.90 bits per heavy atom. The number of halogens is 4. The van der Waals surface area contributed by atoms with Gasteiger partial charge in [-0.05, 0) is 45.8 Å². The molecule has 0 heterocycles. The standard InChI is InChI=1S/C14H11BrClF2NO/c1-20-14-9(5-8(16)6-10(14)15)13(19)7-2-3-11(17)12(18)4-7/h2-6,13H,19H2,1H3. The van der Waals surface area contributed by atoms with Crippen LogP contribution in [0, 0.1) is 11.6 Å². The molecule has 0 radical (unpaired) electrons. The third kappa shape index (κ3) is 2.95. The third-order valence-electron chi connectivity index (χ3n) is 2.88. The van der Waals surface area contributed by atoms with Crippen molar-refractivity contribution in [1.29, 1.82) is 0 Å². The van der Waals surface area contributed by atoms with Crippen molar-refractivity contribution >= 4 is 27.5 Å². The van der Waals surface area contributed by atoms with Crippen LogP contribution in [0.25, 0.3) is 0 Å². The quantitative estimate of drug-likeness (QED) is 0.876. The van der Waals surface area contributed by atoms with Crippen molar-refractivity contribution in [3.63, 3.8) is 0 Å². The summed E-state index contributed by atoms with van der Waals surface area (Å²) in [5.41, 5.74) is 7.11. The van der Waals surface area contributed by atoms with E-state index in [2.05, 4.69) is 15.9 Å². The number of hydrogen-bond donors (Lipinski definition) is 1. The molecule has 6 heteroatoms. The summed E-state index contributed by atoms with van der Waals surface area (Å²) in [6.07, 6.45) is 0. The first kappa shape index (κ1) is 15.2. The molecule has 0 aliphatic heterocycles. The Kier molecular flexibility index (Phi) is 4.62. The average molecular weight is 363 g/mol. The molecule has 106 valence electrons. The van der Waals surface area contributed by atoms with E-state index in [1.807, 2.05) is 0 Å². The second-order valence-corrected chi connectivity index (χ2v) is 5.45. The molecule has 0 aliphatic carbocycles. The number of ether oxygens (including phenoxy) is 1. The van der Waals surface area contributed by atoms with Crippen LogP contribution in [-0.4, -0.2) is 7.11 Å². The summed E-state index contributed by atoms with van der Waals surface area (Å²) in [5.74, 6) is -1.36. The zero-order chi connectivity index (χ0) is 14.9. The lowest BCUT2D eigenvalue weighted by molar-refractivity contribution is 0.405. The minimum Gasteiger partial charge on any atom is -0.495 e. The fraction of sp³-hybridized carbons (Fsp3) is 0.143. The molecule has 1 atom stereocenters. The van der Waals surface area contributed by atoms with Crippen LogP contribution in [0.1, 0.15) is 17.2 Å². The zero-order valence-electron chi connectivity index (χ0n) is 10.5. The van der Waals surface area contributed by atoms with Crippen molar-refractivity contribution in [1.82, 2.24) is 0 Å². The van der Waals surface area contributed by atoms with E-state index >= 15 is 0 Å². The molecule has 1 unspecified atom stereocenters. The van der Waals surface area contributed by atoms with Gasteiger partial charge in [-0.2, -0.15) is 0 Å². The fourth-order valence-electron chi connectivity index (χ4n) is 1.91. The zero-order valence-corrected chi connectivity index (χ0v) is 12.8. The second kappa shape index (κ2) is 6.08. The number of rotatable bonds is 3. The molecule has 0 fully saturated rings. The van der Waals surface area contributed by atoms with E-state index < -0.39 is 17.7 Å². The highest BCUT2D eigenvalue weighted by molar-refractivity contribution is 9.10. The topological polar surface area (TPSA) is 35.2 Å². The maximum Gasteiger partial charge on any atom is 0.159 e. The van der Waals surface area contributed by atoms with Gasteiger partial charge in [-0.15, -0.1) is 0 Å². The molecule has 20 heavy (non-hydrogen) atoms. The van der Waals surface area contributed by atoms with Gasteiger partial charge >= 0.3 is 0 Å². The Morgan fingerprint density at radius 1 is 1.20 bits per heavy atom. The van der Waals surface area contributed by atoms with Crippen molar-refractivity contribution in [3.05, 3.63) is 62.6 Å². The van der Waals surface area contributed by atoms with Crippen LogP contribution < -0.4 is 10.5 Å². The molecule has 0 spiro atoms. The lowest BCUT2D eigenvalue weighted by Crippen LogP contribution is -2.14. The molecule has 2 aromatic rings. The summed E-state index contributed by atoms with van der Waals surface area (Å²) in [5, 5.41) is 0.464. The average Bonchev–Trinajstić information content (AvgIpc) is 2.40. The molecule has 0 amide bonds. The Labute approximate surface area is 128 Å². The Morgan fingerprint density at radius 3 is 2.50 bits per heavy atom. The minimum atomic E-state index is -0.946. The van der Waals surface area contributed by atoms with Crippen LogP contribution in [0.3, 0.4) is 0 Å². The summed E-state index contributed by atoms with van der Waals surface area (Å²) in [4.78, 5) is 0. The second-order valence-electron chi connectivity index (χ2n) is 4.16. The summed E-state index contributed by atoms with van der Waals surface area (Å²) < 4.78 is 32.2. The van der Waals surface area contributed by atoms with Gasteiger partial charge in [0.2, 0.25) is 0 Å². The number of benzene rings is 2. The molecule has 2 rings (SSSR count). The fourth-order valence-corrected chi connectivity index (χ4v) is 2.91. The van der Waals surface area contributed by atoms with Crippen molar-refractivity contribution in [2.24, 2.45) is 5.73 Å². The van der Waals surface area contributed by atoms with Gasteiger partial charge in [-0.1, -0.05) is 17.7 Å². The van der Waals surface area contributed by atoms with Crippen LogP contribution >= 0.6 is 27.5 Å². The highest BCUT2D eigenvalue weighted by atomic mass is 79.9. The first-order valence-corrected chi connectivity index (χ1v) is 6.84. The molecule has 0 aromatic heterocycles. The number of methoxy groups -OCH3 is 1. The first-order valence-electron chi connectivity index (χ1n) is 5.67. The van der Waals surface area contributed by atoms with E-state index in [0.717, 1.165) is 12.1 Å². The summed E-state index contributed by atoms with van der Waals surface area (Å²) in [6, 6.07) is 6.15. The normalized spacial score (nSPS) is 12.3. The maximum absolute atomic E-state index is 13.3. The van der Waals surface area contributed by atoms with Crippen molar-refractivity contribution in [3.8, 4) is 5.75 Å². The predicted octanol–water partition coefficient (Wildman–Crippen LogP) is 4.44. The summed E-state index contributed by atoms with van der Waals surface area (Å²) in [7, 11) is 1.50. The molecule has 2 aromatic carbocycles. The van der Waals surface area contributed by atoms with Crippen molar-refractivity contribution in [2.45, 2.75) is 6.04 Å². The van der Waals surface area contributed by atoms with Crippen LogP contribution in [0.5, 0.6) is 5.75 Å². The van der Waals surface area contributed by atoms with E-state index in [-0.39, 0.29) is 0 Å². The lowest BCUT2D eigenvalue weighted by atomic mass is 9.98. The van der Waals surface area contributed by atoms with Gasteiger partial charge in [0.05, 0.1) is 17.6 Å². The Balaban J connectivity index is 2.52. The van der Waals surface area contributed by atoms with Gasteiger partial charge in [0.15, 0.2) is 11.6 Å². The van der Waals surface area contributed by atoms with E-state index in [0.29, 0.717) is 26.4 Å². The van der Waals surface area contributed by atoms with E-state index in [4.69, 9.17) is 22.1 Å². The predicted molar refractivity (Wildman–Crippen MR) is 78.1 cm³/mol. The van der Waals surface area contributed by atoms with Crippen molar-refractivity contribution < 1.29 is 13.5 Å². The lowest BCUT2D eigenvalue weighted by Gasteiger charge is -2.18.